The molecule has 1 saturated carbocycles. The van der Waals surface area contributed by atoms with Crippen molar-refractivity contribution in [3.8, 4) is 5.88 Å². The third-order valence-electron chi connectivity index (χ3n) is 5.06. The zero-order chi connectivity index (χ0) is 18.4. The third kappa shape index (κ3) is 4.49. The maximum Gasteiger partial charge on any atom is 0.213 e. The molecule has 0 unspecified atom stereocenters. The molecule has 1 fully saturated rings. The van der Waals surface area contributed by atoms with Gasteiger partial charge in [0.1, 0.15) is 5.82 Å². The summed E-state index contributed by atoms with van der Waals surface area (Å²) in [6.07, 6.45) is 7.46. The minimum Gasteiger partial charge on any atom is -0.481 e. The van der Waals surface area contributed by atoms with E-state index >= 15 is 0 Å². The zero-order valence-electron chi connectivity index (χ0n) is 14.9. The molecule has 3 rings (SSSR count). The van der Waals surface area contributed by atoms with Gasteiger partial charge in [0.2, 0.25) is 5.88 Å². The number of aromatic nitrogens is 1. The molecule has 1 aliphatic carbocycles. The Bertz CT molecular complexity index is 728. The van der Waals surface area contributed by atoms with E-state index in [1.165, 1.54) is 24.8 Å². The predicted molar refractivity (Wildman–Crippen MR) is 106 cm³/mol. The maximum absolute atomic E-state index is 13.3. The van der Waals surface area contributed by atoms with Gasteiger partial charge in [-0.25, -0.2) is 9.37 Å². The summed E-state index contributed by atoms with van der Waals surface area (Å²) >= 11 is 5.44. The Hall–Kier alpha value is -2.21. The molecule has 0 bridgehead atoms. The highest BCUT2D eigenvalue weighted by Crippen LogP contribution is 2.39. The lowest BCUT2D eigenvalue weighted by atomic mass is 9.69. The summed E-state index contributed by atoms with van der Waals surface area (Å²) in [5.41, 5.74) is 1.98. The monoisotopic (exact) mass is 373 g/mol. The number of halogens is 1. The molecule has 26 heavy (non-hydrogen) atoms. The summed E-state index contributed by atoms with van der Waals surface area (Å²) in [6.45, 7) is 0.730. The first-order chi connectivity index (χ1) is 12.6. The fourth-order valence-electron chi connectivity index (χ4n) is 3.60. The van der Waals surface area contributed by atoms with Crippen LogP contribution in [0, 0.1) is 5.82 Å². The number of nitrogens with one attached hydrogen (secondary N) is 2. The first-order valence-electron chi connectivity index (χ1n) is 8.92. The first kappa shape index (κ1) is 18.6. The second-order valence-electron chi connectivity index (χ2n) is 6.74. The van der Waals surface area contributed by atoms with Crippen LogP contribution in [0.25, 0.3) is 0 Å². The molecule has 1 aromatic heterocycles. The topological polar surface area (TPSA) is 46.2 Å². The number of methoxy groups -OCH3 is 1. The molecule has 0 aliphatic heterocycles. The number of anilines is 1. The molecule has 1 heterocycles. The average Bonchev–Trinajstić information content (AvgIpc) is 2.68. The minimum absolute atomic E-state index is 0.00412. The van der Waals surface area contributed by atoms with Gasteiger partial charge in [-0.3, -0.25) is 0 Å². The number of hydrogen-bond acceptors (Lipinski definition) is 3. The van der Waals surface area contributed by atoms with Crippen molar-refractivity contribution in [3.05, 3.63) is 54.0 Å². The molecular weight excluding hydrogens is 349 g/mol. The van der Waals surface area contributed by atoms with Crippen molar-refractivity contribution in [3.63, 3.8) is 0 Å². The molecule has 0 spiro atoms. The van der Waals surface area contributed by atoms with Gasteiger partial charge in [0, 0.05) is 18.0 Å². The van der Waals surface area contributed by atoms with Gasteiger partial charge in [0.15, 0.2) is 5.11 Å². The van der Waals surface area contributed by atoms with E-state index < -0.39 is 0 Å². The smallest absolute Gasteiger partial charge is 0.213 e. The molecule has 0 saturated heterocycles. The Balaban J connectivity index is 1.65. The third-order valence-corrected chi connectivity index (χ3v) is 5.30. The Morgan fingerprint density at radius 3 is 2.50 bits per heavy atom. The van der Waals surface area contributed by atoms with Crippen molar-refractivity contribution in [2.24, 2.45) is 0 Å². The van der Waals surface area contributed by atoms with Crippen molar-refractivity contribution in [2.45, 2.75) is 37.5 Å². The standard InChI is InChI=1S/C20H24FN3OS/c1-25-18-10-9-17(13-22-18)24-19(26)23-14-20(11-3-2-4-12-20)15-5-7-16(21)8-6-15/h5-10,13H,2-4,11-12,14H2,1H3,(H2,23,24,26). The summed E-state index contributed by atoms with van der Waals surface area (Å²) < 4.78 is 18.4. The van der Waals surface area contributed by atoms with Gasteiger partial charge < -0.3 is 15.4 Å². The van der Waals surface area contributed by atoms with Gasteiger partial charge in [0.25, 0.3) is 0 Å². The first-order valence-corrected chi connectivity index (χ1v) is 9.33. The average molecular weight is 373 g/mol. The van der Waals surface area contributed by atoms with Crippen molar-refractivity contribution in [2.75, 3.05) is 19.0 Å². The fraction of sp³-hybridized carbons (Fsp3) is 0.400. The minimum atomic E-state index is -0.197. The summed E-state index contributed by atoms with van der Waals surface area (Å²) in [5, 5.41) is 7.06. The Morgan fingerprint density at radius 1 is 1.15 bits per heavy atom. The maximum atomic E-state index is 13.3. The second-order valence-corrected chi connectivity index (χ2v) is 7.15. The molecule has 6 heteroatoms. The molecule has 0 radical (unpaired) electrons. The normalized spacial score (nSPS) is 15.9. The summed E-state index contributed by atoms with van der Waals surface area (Å²) in [6, 6.07) is 10.6. The predicted octanol–water partition coefficient (Wildman–Crippen LogP) is 4.42. The van der Waals surface area contributed by atoms with E-state index in [0.717, 1.165) is 25.1 Å². The summed E-state index contributed by atoms with van der Waals surface area (Å²) in [5.74, 6) is 0.365. The number of hydrogen-bond donors (Lipinski definition) is 2. The molecule has 1 aliphatic rings. The van der Waals surface area contributed by atoms with E-state index in [4.69, 9.17) is 17.0 Å². The van der Waals surface area contributed by atoms with Crippen LogP contribution in [0.2, 0.25) is 0 Å². The van der Waals surface area contributed by atoms with Crippen molar-refractivity contribution in [1.29, 1.82) is 0 Å². The SMILES string of the molecule is COc1ccc(NC(=S)NCC2(c3ccc(F)cc3)CCCCC2)cn1. The Morgan fingerprint density at radius 2 is 1.88 bits per heavy atom. The van der Waals surface area contributed by atoms with Crippen LogP contribution in [0.5, 0.6) is 5.88 Å². The molecule has 1 aromatic carbocycles. The highest BCUT2D eigenvalue weighted by Gasteiger charge is 2.33. The summed E-state index contributed by atoms with van der Waals surface area (Å²) in [4.78, 5) is 4.16. The van der Waals surface area contributed by atoms with Crippen LogP contribution < -0.4 is 15.4 Å². The lowest BCUT2D eigenvalue weighted by Gasteiger charge is -2.38. The molecule has 0 atom stereocenters. The van der Waals surface area contributed by atoms with Gasteiger partial charge in [0.05, 0.1) is 19.0 Å². The second kappa shape index (κ2) is 8.45. The number of benzene rings is 1. The quantitative estimate of drug-likeness (QED) is 0.760. The highest BCUT2D eigenvalue weighted by molar-refractivity contribution is 7.80. The lowest BCUT2D eigenvalue weighted by Crippen LogP contribution is -2.43. The van der Waals surface area contributed by atoms with Crippen LogP contribution in [-0.4, -0.2) is 23.8 Å². The van der Waals surface area contributed by atoms with E-state index in [-0.39, 0.29) is 11.2 Å². The fourth-order valence-corrected chi connectivity index (χ4v) is 3.79. The van der Waals surface area contributed by atoms with Gasteiger partial charge in [-0.05, 0) is 48.8 Å². The van der Waals surface area contributed by atoms with E-state index in [2.05, 4.69) is 15.6 Å². The van der Waals surface area contributed by atoms with Gasteiger partial charge in [-0.1, -0.05) is 31.4 Å². The van der Waals surface area contributed by atoms with Crippen molar-refractivity contribution in [1.82, 2.24) is 10.3 Å². The zero-order valence-corrected chi connectivity index (χ0v) is 15.7. The number of pyridine rings is 1. The molecule has 0 amide bonds. The summed E-state index contributed by atoms with van der Waals surface area (Å²) in [7, 11) is 1.58. The molecule has 4 nitrogen and oxygen atoms in total. The van der Waals surface area contributed by atoms with Gasteiger partial charge >= 0.3 is 0 Å². The lowest BCUT2D eigenvalue weighted by molar-refractivity contribution is 0.292. The number of thiocarbonyl (C=S) groups is 1. The Kier molecular flexibility index (Phi) is 6.04. The number of rotatable bonds is 5. The molecule has 138 valence electrons. The van der Waals surface area contributed by atoms with E-state index in [9.17, 15) is 4.39 Å². The van der Waals surface area contributed by atoms with Crippen molar-refractivity contribution < 1.29 is 9.13 Å². The highest BCUT2D eigenvalue weighted by atomic mass is 32.1. The molecular formula is C20H24FN3OS. The van der Waals surface area contributed by atoms with Crippen LogP contribution in [0.1, 0.15) is 37.7 Å². The molecule has 2 aromatic rings. The Labute approximate surface area is 159 Å². The van der Waals surface area contributed by atoms with Crippen LogP contribution in [0.3, 0.4) is 0 Å². The van der Waals surface area contributed by atoms with Gasteiger partial charge in [-0.2, -0.15) is 0 Å². The number of nitrogens with zero attached hydrogens (tertiary/aromatic N) is 1. The van der Waals surface area contributed by atoms with Crippen LogP contribution in [0.15, 0.2) is 42.6 Å². The molecule has 2 N–H and O–H groups in total. The largest absolute Gasteiger partial charge is 0.481 e. The van der Waals surface area contributed by atoms with E-state index in [1.54, 1.807) is 31.5 Å². The van der Waals surface area contributed by atoms with Gasteiger partial charge in [-0.15, -0.1) is 0 Å². The number of ether oxygens (including phenoxy) is 1. The van der Waals surface area contributed by atoms with Crippen LogP contribution in [0.4, 0.5) is 10.1 Å². The van der Waals surface area contributed by atoms with E-state index in [0.29, 0.717) is 11.0 Å². The van der Waals surface area contributed by atoms with Crippen LogP contribution in [-0.2, 0) is 5.41 Å². The van der Waals surface area contributed by atoms with Crippen molar-refractivity contribution >= 4 is 23.0 Å². The van der Waals surface area contributed by atoms with Crippen LogP contribution >= 0.6 is 12.2 Å². The van der Waals surface area contributed by atoms with E-state index in [1.807, 2.05) is 18.2 Å².